The van der Waals surface area contributed by atoms with E-state index in [1.54, 1.807) is 0 Å². The largest absolute Gasteiger partial charge is 0.481 e. The molecule has 0 rings (SSSR count). The van der Waals surface area contributed by atoms with E-state index in [9.17, 15) is 0 Å². The van der Waals surface area contributed by atoms with Gasteiger partial charge in [0.2, 0.25) is 0 Å². The van der Waals surface area contributed by atoms with Crippen LogP contribution in [-0.2, 0) is 14.3 Å². The van der Waals surface area contributed by atoms with E-state index in [0.29, 0.717) is 0 Å². The third-order valence-electron chi connectivity index (χ3n) is 0.780. The summed E-state index contributed by atoms with van der Waals surface area (Å²) in [5.74, 6) is -0.833. The second kappa shape index (κ2) is 13.0. The van der Waals surface area contributed by atoms with Crippen LogP contribution in [0.5, 0.6) is 0 Å². The Labute approximate surface area is 73.5 Å². The van der Waals surface area contributed by atoms with Gasteiger partial charge in [0.25, 0.3) is 5.97 Å². The molecule has 4 nitrogen and oxygen atoms in total. The van der Waals surface area contributed by atoms with Crippen LogP contribution in [0.25, 0.3) is 0 Å². The fraction of sp³-hybridized carbons (Fsp3) is 0.875. The number of carbonyl (C=O) groups is 1. The van der Waals surface area contributed by atoms with Crippen molar-refractivity contribution in [2.24, 2.45) is 0 Å². The predicted octanol–water partition coefficient (Wildman–Crippen LogP) is 1.15. The molecule has 0 saturated carbocycles. The summed E-state index contributed by atoms with van der Waals surface area (Å²) in [6, 6.07) is 0. The Kier molecular flexibility index (Phi) is 15.1. The summed E-state index contributed by atoms with van der Waals surface area (Å²) >= 11 is 0. The molecule has 12 heavy (non-hydrogen) atoms. The lowest BCUT2D eigenvalue weighted by atomic mass is 10.7. The van der Waals surface area contributed by atoms with Crippen LogP contribution >= 0.6 is 0 Å². The molecule has 0 bridgehead atoms. The fourth-order valence-electron chi connectivity index (χ4n) is 0.407. The van der Waals surface area contributed by atoms with Crippen molar-refractivity contribution in [1.82, 2.24) is 0 Å². The Bertz CT molecular complexity index is 83.1. The normalized spacial score (nSPS) is 8.58. The summed E-state index contributed by atoms with van der Waals surface area (Å²) in [5.41, 5.74) is 0. The van der Waals surface area contributed by atoms with Crippen molar-refractivity contribution < 1.29 is 19.4 Å². The molecule has 0 fully saturated rings. The van der Waals surface area contributed by atoms with Crippen LogP contribution in [0.2, 0.25) is 0 Å². The van der Waals surface area contributed by atoms with Gasteiger partial charge in [-0.15, -0.1) is 0 Å². The van der Waals surface area contributed by atoms with Crippen LogP contribution in [0.15, 0.2) is 0 Å². The van der Waals surface area contributed by atoms with Crippen LogP contribution in [0, 0.1) is 0 Å². The molecule has 0 aromatic heterocycles. The van der Waals surface area contributed by atoms with Crippen molar-refractivity contribution in [2.45, 2.75) is 20.8 Å². The molecule has 0 aromatic rings. The van der Waals surface area contributed by atoms with Gasteiger partial charge in [0.1, 0.15) is 0 Å². The first-order valence-electron chi connectivity index (χ1n) is 4.00. The average Bonchev–Trinajstić information content (AvgIpc) is 1.97. The predicted molar refractivity (Wildman–Crippen MR) is 46.3 cm³/mol. The molecule has 0 spiro atoms. The number of hydrogen-bond acceptors (Lipinski definition) is 3. The molecule has 0 aliphatic heterocycles. The van der Waals surface area contributed by atoms with E-state index in [1.807, 2.05) is 13.8 Å². The Hall–Kier alpha value is -0.610. The summed E-state index contributed by atoms with van der Waals surface area (Å²) in [7, 11) is 0. The highest BCUT2D eigenvalue weighted by molar-refractivity contribution is 5.62. The van der Waals surface area contributed by atoms with Crippen molar-refractivity contribution >= 4 is 5.97 Å². The minimum Gasteiger partial charge on any atom is -0.481 e. The zero-order chi connectivity index (χ0) is 9.82. The van der Waals surface area contributed by atoms with Crippen LogP contribution in [0.1, 0.15) is 20.8 Å². The van der Waals surface area contributed by atoms with E-state index < -0.39 is 5.97 Å². The second-order valence-electron chi connectivity index (χ2n) is 1.91. The van der Waals surface area contributed by atoms with Gasteiger partial charge in [-0.1, -0.05) is 0 Å². The molecule has 4 heteroatoms. The summed E-state index contributed by atoms with van der Waals surface area (Å²) < 4.78 is 10.0. The van der Waals surface area contributed by atoms with Crippen molar-refractivity contribution in [1.29, 1.82) is 0 Å². The Morgan fingerprint density at radius 3 is 1.58 bits per heavy atom. The van der Waals surface area contributed by atoms with E-state index in [2.05, 4.69) is 0 Å². The highest BCUT2D eigenvalue weighted by Crippen LogP contribution is 1.75. The minimum atomic E-state index is -0.833. The highest BCUT2D eigenvalue weighted by Gasteiger charge is 1.81. The Balaban J connectivity index is 0. The van der Waals surface area contributed by atoms with Gasteiger partial charge >= 0.3 is 0 Å². The van der Waals surface area contributed by atoms with E-state index in [4.69, 9.17) is 19.4 Å². The molecule has 0 aliphatic rings. The molecule has 0 amide bonds. The molecule has 0 heterocycles. The van der Waals surface area contributed by atoms with Gasteiger partial charge in [0.15, 0.2) is 0 Å². The first-order chi connectivity index (χ1) is 5.65. The lowest BCUT2D eigenvalue weighted by Crippen LogP contribution is -2.02. The lowest BCUT2D eigenvalue weighted by Gasteiger charge is -1.99. The summed E-state index contributed by atoms with van der Waals surface area (Å²) in [4.78, 5) is 9.00. The maximum absolute atomic E-state index is 9.00. The smallest absolute Gasteiger partial charge is 0.300 e. The fourth-order valence-corrected chi connectivity index (χ4v) is 0.407. The van der Waals surface area contributed by atoms with E-state index >= 15 is 0 Å². The number of hydrogen-bond donors (Lipinski definition) is 1. The van der Waals surface area contributed by atoms with Gasteiger partial charge in [-0.3, -0.25) is 4.79 Å². The molecule has 1 N–H and O–H groups in total. The first-order valence-corrected chi connectivity index (χ1v) is 4.00. The van der Waals surface area contributed by atoms with E-state index in [-0.39, 0.29) is 0 Å². The van der Waals surface area contributed by atoms with Crippen molar-refractivity contribution in [3.8, 4) is 0 Å². The van der Waals surface area contributed by atoms with Gasteiger partial charge in [-0.25, -0.2) is 0 Å². The van der Waals surface area contributed by atoms with Crippen molar-refractivity contribution in [3.63, 3.8) is 0 Å². The second-order valence-corrected chi connectivity index (χ2v) is 1.91. The summed E-state index contributed by atoms with van der Waals surface area (Å²) in [6.45, 7) is 8.06. The molecule has 0 aliphatic carbocycles. The van der Waals surface area contributed by atoms with Gasteiger partial charge in [-0.2, -0.15) is 0 Å². The first kappa shape index (κ1) is 13.9. The topological polar surface area (TPSA) is 55.8 Å². The maximum atomic E-state index is 9.00. The van der Waals surface area contributed by atoms with Gasteiger partial charge in [-0.05, 0) is 13.8 Å². The van der Waals surface area contributed by atoms with E-state index in [1.165, 1.54) is 0 Å². The number of carboxylic acids is 1. The molecule has 0 unspecified atom stereocenters. The monoisotopic (exact) mass is 178 g/mol. The summed E-state index contributed by atoms with van der Waals surface area (Å²) in [5, 5.41) is 7.42. The van der Waals surface area contributed by atoms with Crippen molar-refractivity contribution in [2.75, 3.05) is 26.4 Å². The zero-order valence-corrected chi connectivity index (χ0v) is 8.00. The Morgan fingerprint density at radius 2 is 1.42 bits per heavy atom. The van der Waals surface area contributed by atoms with Gasteiger partial charge in [0.05, 0.1) is 13.2 Å². The number of rotatable bonds is 5. The third kappa shape index (κ3) is 34.3. The number of carboxylic acid groups (broad SMARTS) is 1. The third-order valence-corrected chi connectivity index (χ3v) is 0.780. The van der Waals surface area contributed by atoms with Crippen LogP contribution in [0.3, 0.4) is 0 Å². The number of ether oxygens (including phenoxy) is 2. The summed E-state index contributed by atoms with van der Waals surface area (Å²) in [6.07, 6.45) is 0. The Morgan fingerprint density at radius 1 is 1.17 bits per heavy atom. The highest BCUT2D eigenvalue weighted by atomic mass is 16.5. The van der Waals surface area contributed by atoms with Crippen LogP contribution in [0.4, 0.5) is 0 Å². The van der Waals surface area contributed by atoms with E-state index in [0.717, 1.165) is 33.4 Å². The van der Waals surface area contributed by atoms with Crippen LogP contribution < -0.4 is 0 Å². The lowest BCUT2D eigenvalue weighted by molar-refractivity contribution is -0.134. The number of aliphatic carboxylic acids is 1. The average molecular weight is 178 g/mol. The molecular formula is C8H18O4. The van der Waals surface area contributed by atoms with Crippen molar-refractivity contribution in [3.05, 3.63) is 0 Å². The standard InChI is InChI=1S/C6H14O2.C2H4O2/c1-3-7-5-6-8-4-2;1-2(3)4/h3-6H2,1-2H3;1H3,(H,3,4). The molecule has 0 saturated heterocycles. The molecule has 0 aromatic carbocycles. The molecular weight excluding hydrogens is 160 g/mol. The minimum absolute atomic E-state index is 0.727. The SMILES string of the molecule is CC(=O)O.CCOCCOCC. The maximum Gasteiger partial charge on any atom is 0.300 e. The van der Waals surface area contributed by atoms with Crippen LogP contribution in [-0.4, -0.2) is 37.5 Å². The van der Waals surface area contributed by atoms with Gasteiger partial charge < -0.3 is 14.6 Å². The van der Waals surface area contributed by atoms with Gasteiger partial charge in [0, 0.05) is 20.1 Å². The zero-order valence-electron chi connectivity index (χ0n) is 8.00. The molecule has 0 atom stereocenters. The molecule has 0 radical (unpaired) electrons. The quantitative estimate of drug-likeness (QED) is 0.641. The molecule has 74 valence electrons.